The van der Waals surface area contributed by atoms with Gasteiger partial charge in [0.15, 0.2) is 6.23 Å². The molecule has 0 spiro atoms. The summed E-state index contributed by atoms with van der Waals surface area (Å²) in [6.45, 7) is 1.58. The van der Waals surface area contributed by atoms with Crippen LogP contribution >= 0.6 is 0 Å². The van der Waals surface area contributed by atoms with E-state index in [1.54, 1.807) is 6.92 Å². The lowest BCUT2D eigenvalue weighted by atomic mass is 10.2. The maximum Gasteiger partial charge on any atom is 0.330 e. The lowest BCUT2D eigenvalue weighted by Crippen LogP contribution is -2.36. The number of aromatic nitrogens is 2. The molecule has 7 nitrogen and oxygen atoms in total. The van der Waals surface area contributed by atoms with Crippen LogP contribution < -0.4 is 11.2 Å². The van der Waals surface area contributed by atoms with Gasteiger partial charge in [-0.15, -0.1) is 0 Å². The van der Waals surface area contributed by atoms with Gasteiger partial charge in [0.1, 0.15) is 6.10 Å². The first-order valence-corrected chi connectivity index (χ1v) is 5.85. The van der Waals surface area contributed by atoms with Crippen molar-refractivity contribution in [2.75, 3.05) is 6.61 Å². The van der Waals surface area contributed by atoms with Gasteiger partial charge >= 0.3 is 5.69 Å². The second kappa shape index (κ2) is 5.05. The van der Waals surface area contributed by atoms with E-state index in [2.05, 4.69) is 4.98 Å². The van der Waals surface area contributed by atoms with E-state index in [9.17, 15) is 14.7 Å². The van der Waals surface area contributed by atoms with Crippen LogP contribution in [-0.2, 0) is 11.2 Å². The molecule has 3 N–H and O–H groups in total. The van der Waals surface area contributed by atoms with Gasteiger partial charge in [-0.1, -0.05) is 6.92 Å². The summed E-state index contributed by atoms with van der Waals surface area (Å²) in [4.78, 5) is 25.3. The highest BCUT2D eigenvalue weighted by atomic mass is 16.5. The van der Waals surface area contributed by atoms with Gasteiger partial charge in [0.2, 0.25) is 0 Å². The second-order valence-corrected chi connectivity index (χ2v) is 4.31. The summed E-state index contributed by atoms with van der Waals surface area (Å²) in [5, 5.41) is 18.8. The molecule has 1 aliphatic rings. The van der Waals surface area contributed by atoms with Crippen LogP contribution in [0.1, 0.15) is 25.1 Å². The zero-order valence-corrected chi connectivity index (χ0v) is 10.00. The van der Waals surface area contributed by atoms with Crippen molar-refractivity contribution in [2.24, 2.45) is 0 Å². The molecular weight excluding hydrogens is 240 g/mol. The summed E-state index contributed by atoms with van der Waals surface area (Å²) in [7, 11) is 0. The first-order valence-electron chi connectivity index (χ1n) is 5.85. The summed E-state index contributed by atoms with van der Waals surface area (Å²) in [6.07, 6.45) is -0.105. The molecule has 2 rings (SSSR count). The molecule has 0 aliphatic carbocycles. The van der Waals surface area contributed by atoms with Crippen molar-refractivity contribution in [3.05, 3.63) is 32.6 Å². The van der Waals surface area contributed by atoms with Crippen molar-refractivity contribution in [3.8, 4) is 0 Å². The Morgan fingerprint density at radius 3 is 2.83 bits per heavy atom. The van der Waals surface area contributed by atoms with Crippen molar-refractivity contribution in [1.29, 1.82) is 0 Å². The molecule has 18 heavy (non-hydrogen) atoms. The van der Waals surface area contributed by atoms with Crippen molar-refractivity contribution in [1.82, 2.24) is 9.55 Å². The fourth-order valence-electron chi connectivity index (χ4n) is 2.07. The molecule has 7 heteroatoms. The van der Waals surface area contributed by atoms with Crippen molar-refractivity contribution < 1.29 is 14.9 Å². The lowest BCUT2D eigenvalue weighted by molar-refractivity contribution is -0.0531. The van der Waals surface area contributed by atoms with Gasteiger partial charge in [-0.05, 0) is 6.42 Å². The van der Waals surface area contributed by atoms with Gasteiger partial charge < -0.3 is 14.9 Å². The Labute approximate surface area is 103 Å². The monoisotopic (exact) mass is 256 g/mol. The van der Waals surface area contributed by atoms with Crippen molar-refractivity contribution >= 4 is 0 Å². The maximum absolute atomic E-state index is 11.7. The molecule has 0 aromatic carbocycles. The topological polar surface area (TPSA) is 105 Å². The van der Waals surface area contributed by atoms with E-state index in [1.807, 2.05) is 0 Å². The molecule has 3 atom stereocenters. The minimum Gasteiger partial charge on any atom is -0.394 e. The zero-order chi connectivity index (χ0) is 13.3. The Kier molecular flexibility index (Phi) is 3.65. The van der Waals surface area contributed by atoms with Crippen LogP contribution in [-0.4, -0.2) is 38.6 Å². The van der Waals surface area contributed by atoms with Crippen LogP contribution in [0.5, 0.6) is 0 Å². The number of aliphatic hydroxyl groups is 2. The van der Waals surface area contributed by atoms with Gasteiger partial charge in [0, 0.05) is 18.2 Å². The number of aliphatic hydroxyl groups excluding tert-OH is 2. The Bertz CT molecular complexity index is 535. The Hall–Kier alpha value is -1.44. The highest BCUT2D eigenvalue weighted by Crippen LogP contribution is 2.27. The van der Waals surface area contributed by atoms with Gasteiger partial charge in [0.05, 0.1) is 12.7 Å². The first kappa shape index (κ1) is 13.0. The predicted octanol–water partition coefficient (Wildman–Crippen LogP) is -1.26. The number of hydrogen-bond acceptors (Lipinski definition) is 5. The third-order valence-corrected chi connectivity index (χ3v) is 3.07. The Balaban J connectivity index is 2.39. The highest BCUT2D eigenvalue weighted by Gasteiger charge is 2.35. The summed E-state index contributed by atoms with van der Waals surface area (Å²) >= 11 is 0. The maximum atomic E-state index is 11.7. The predicted molar refractivity (Wildman–Crippen MR) is 62.3 cm³/mol. The molecule has 100 valence electrons. The molecule has 1 fully saturated rings. The number of nitrogens with one attached hydrogen (secondary N) is 1. The minimum atomic E-state index is -0.879. The second-order valence-electron chi connectivity index (χ2n) is 4.31. The zero-order valence-electron chi connectivity index (χ0n) is 10.00. The van der Waals surface area contributed by atoms with Crippen LogP contribution in [0.25, 0.3) is 0 Å². The minimum absolute atomic E-state index is 0.216. The Morgan fingerprint density at radius 2 is 2.28 bits per heavy atom. The van der Waals surface area contributed by atoms with E-state index in [4.69, 9.17) is 9.84 Å². The Morgan fingerprint density at radius 1 is 1.56 bits per heavy atom. The third kappa shape index (κ3) is 2.24. The van der Waals surface area contributed by atoms with Crippen molar-refractivity contribution in [2.45, 2.75) is 38.2 Å². The number of ether oxygens (including phenoxy) is 1. The number of aromatic amines is 1. The first-order chi connectivity index (χ1) is 8.56. The SMILES string of the molecule is CCc1cn([C@@H]2O[C@H](CO)C[C@H]2O)c(=O)[nH]c1=O. The van der Waals surface area contributed by atoms with E-state index in [1.165, 1.54) is 10.8 Å². The van der Waals surface area contributed by atoms with Gasteiger partial charge in [-0.3, -0.25) is 14.3 Å². The largest absolute Gasteiger partial charge is 0.394 e. The molecule has 1 aromatic rings. The molecule has 1 aliphatic heterocycles. The lowest BCUT2D eigenvalue weighted by Gasteiger charge is -2.17. The molecule has 1 saturated heterocycles. The highest BCUT2D eigenvalue weighted by molar-refractivity contribution is 5.05. The summed E-state index contributed by atoms with van der Waals surface area (Å²) in [6, 6.07) is 0. The quantitative estimate of drug-likeness (QED) is 0.626. The smallest absolute Gasteiger partial charge is 0.330 e. The number of hydrogen-bond donors (Lipinski definition) is 3. The number of H-pyrrole nitrogens is 1. The van der Waals surface area contributed by atoms with E-state index in [0.29, 0.717) is 12.0 Å². The van der Waals surface area contributed by atoms with Crippen LogP contribution in [0.15, 0.2) is 15.8 Å². The number of aryl methyl sites for hydroxylation is 1. The fourth-order valence-corrected chi connectivity index (χ4v) is 2.07. The normalized spacial score (nSPS) is 27.6. The third-order valence-electron chi connectivity index (χ3n) is 3.07. The molecule has 0 unspecified atom stereocenters. The van der Waals surface area contributed by atoms with Gasteiger partial charge in [-0.25, -0.2) is 4.79 Å². The summed E-state index contributed by atoms with van der Waals surface area (Å²) in [5.74, 6) is 0. The van der Waals surface area contributed by atoms with E-state index < -0.39 is 29.7 Å². The summed E-state index contributed by atoms with van der Waals surface area (Å²) in [5.41, 5.74) is -0.609. The summed E-state index contributed by atoms with van der Waals surface area (Å²) < 4.78 is 6.54. The van der Waals surface area contributed by atoms with Crippen LogP contribution in [0.3, 0.4) is 0 Å². The van der Waals surface area contributed by atoms with Gasteiger partial charge in [-0.2, -0.15) is 0 Å². The van der Waals surface area contributed by atoms with Crippen LogP contribution in [0.2, 0.25) is 0 Å². The van der Waals surface area contributed by atoms with Gasteiger partial charge in [0.25, 0.3) is 5.56 Å². The molecule has 0 saturated carbocycles. The number of nitrogens with zero attached hydrogens (tertiary/aromatic N) is 1. The van der Waals surface area contributed by atoms with Crippen molar-refractivity contribution in [3.63, 3.8) is 0 Å². The van der Waals surface area contributed by atoms with Crippen LogP contribution in [0, 0.1) is 0 Å². The fraction of sp³-hybridized carbons (Fsp3) is 0.636. The molecule has 0 radical (unpaired) electrons. The molecule has 2 heterocycles. The average Bonchev–Trinajstić information content (AvgIpc) is 2.71. The van der Waals surface area contributed by atoms with Crippen LogP contribution in [0.4, 0.5) is 0 Å². The van der Waals surface area contributed by atoms with E-state index in [0.717, 1.165) is 0 Å². The number of rotatable bonds is 3. The van der Waals surface area contributed by atoms with E-state index >= 15 is 0 Å². The molecule has 0 bridgehead atoms. The average molecular weight is 256 g/mol. The van der Waals surface area contributed by atoms with E-state index in [-0.39, 0.29) is 13.0 Å². The standard InChI is InChI=1S/C11H16N2O5/c1-2-6-4-13(11(17)12-9(6)16)10-8(15)3-7(5-14)18-10/h4,7-8,10,14-15H,2-3,5H2,1H3,(H,12,16,17)/t7-,8+,10+/m0/s1. The molecule has 0 amide bonds. The molecular formula is C11H16N2O5. The molecule has 1 aromatic heterocycles.